The summed E-state index contributed by atoms with van der Waals surface area (Å²) in [6, 6.07) is 5.20. The van der Waals surface area contributed by atoms with Gasteiger partial charge in [0, 0.05) is 0 Å². The van der Waals surface area contributed by atoms with Crippen molar-refractivity contribution in [1.29, 1.82) is 0 Å². The molecular weight excluding hydrogens is 231 g/mol. The molecule has 1 aromatic carbocycles. The molecule has 0 amide bonds. The van der Waals surface area contributed by atoms with Crippen LogP contribution in [0.25, 0.3) is 11.4 Å². The van der Waals surface area contributed by atoms with E-state index < -0.39 is 0 Å². The first-order valence-corrected chi connectivity index (χ1v) is 6.10. The molecule has 4 nitrogen and oxygen atoms in total. The molecule has 1 unspecified atom stereocenters. The van der Waals surface area contributed by atoms with Gasteiger partial charge in [-0.15, -0.1) is 10.2 Å². The van der Waals surface area contributed by atoms with Crippen LogP contribution in [0.2, 0.25) is 0 Å². The Morgan fingerprint density at radius 3 is 2.61 bits per heavy atom. The lowest BCUT2D eigenvalue weighted by Gasteiger charge is -2.15. The van der Waals surface area contributed by atoms with Gasteiger partial charge in [0.15, 0.2) is 0 Å². The van der Waals surface area contributed by atoms with Crippen molar-refractivity contribution in [2.45, 2.75) is 27.2 Å². The van der Waals surface area contributed by atoms with E-state index in [9.17, 15) is 4.39 Å². The molecule has 0 aliphatic carbocycles. The van der Waals surface area contributed by atoms with E-state index in [1.54, 1.807) is 12.1 Å². The second kappa shape index (κ2) is 5.25. The number of nitrogens with zero attached hydrogens (tertiary/aromatic N) is 3. The Morgan fingerprint density at radius 1 is 1.28 bits per heavy atom. The zero-order valence-electron chi connectivity index (χ0n) is 10.8. The molecule has 0 fully saturated rings. The topological polar surface area (TPSA) is 54.5 Å². The number of nitrogens with one attached hydrogen (secondary N) is 1. The van der Waals surface area contributed by atoms with Crippen molar-refractivity contribution >= 4 is 0 Å². The Morgan fingerprint density at radius 2 is 2.06 bits per heavy atom. The maximum Gasteiger partial charge on any atom is 0.207 e. The maximum absolute atomic E-state index is 13.9. The Bertz CT molecular complexity index is 508. The fourth-order valence-corrected chi connectivity index (χ4v) is 1.75. The lowest BCUT2D eigenvalue weighted by molar-refractivity contribution is 0.416. The summed E-state index contributed by atoms with van der Waals surface area (Å²) in [7, 11) is 0. The third-order valence-electron chi connectivity index (χ3n) is 3.32. The molecule has 96 valence electrons. The fraction of sp³-hybridized carbons (Fsp3) is 0.462. The van der Waals surface area contributed by atoms with Crippen LogP contribution in [0.3, 0.4) is 0 Å². The molecule has 1 N–H and O–H groups in total. The molecule has 1 atom stereocenters. The standard InChI is InChI=1S/C13H17FN4/c1-8(2)9(3)6-10-4-5-11(12(14)7-10)13-15-17-18-16-13/h4-5,7-9H,6H2,1-3H3,(H,15,16,17,18). The number of tetrazole rings is 1. The molecule has 18 heavy (non-hydrogen) atoms. The van der Waals surface area contributed by atoms with Gasteiger partial charge in [-0.3, -0.25) is 0 Å². The van der Waals surface area contributed by atoms with Crippen LogP contribution in [0.5, 0.6) is 0 Å². The number of benzene rings is 1. The van der Waals surface area contributed by atoms with E-state index in [0.717, 1.165) is 12.0 Å². The minimum Gasteiger partial charge on any atom is -0.206 e. The highest BCUT2D eigenvalue weighted by Crippen LogP contribution is 2.22. The Labute approximate surface area is 106 Å². The van der Waals surface area contributed by atoms with Crippen LogP contribution in [-0.4, -0.2) is 20.6 Å². The van der Waals surface area contributed by atoms with Gasteiger partial charge in [-0.05, 0) is 41.2 Å². The van der Waals surface area contributed by atoms with Crippen LogP contribution < -0.4 is 0 Å². The first-order valence-electron chi connectivity index (χ1n) is 6.10. The number of rotatable bonds is 4. The first kappa shape index (κ1) is 12.7. The van der Waals surface area contributed by atoms with Crippen LogP contribution in [0.4, 0.5) is 4.39 Å². The fourth-order valence-electron chi connectivity index (χ4n) is 1.75. The Balaban J connectivity index is 2.20. The number of hydrogen-bond donors (Lipinski definition) is 1. The molecule has 1 heterocycles. The van der Waals surface area contributed by atoms with E-state index in [2.05, 4.69) is 41.4 Å². The quantitative estimate of drug-likeness (QED) is 0.905. The van der Waals surface area contributed by atoms with Crippen molar-refractivity contribution in [3.05, 3.63) is 29.6 Å². The highest BCUT2D eigenvalue weighted by molar-refractivity contribution is 5.55. The summed E-state index contributed by atoms with van der Waals surface area (Å²) in [4.78, 5) is 0. The number of hydrogen-bond acceptors (Lipinski definition) is 3. The Kier molecular flexibility index (Phi) is 3.69. The van der Waals surface area contributed by atoms with Gasteiger partial charge in [-0.2, -0.15) is 5.21 Å². The van der Waals surface area contributed by atoms with Gasteiger partial charge in [-0.1, -0.05) is 26.8 Å². The molecule has 2 rings (SSSR count). The molecule has 0 saturated heterocycles. The number of halogens is 1. The predicted molar refractivity (Wildman–Crippen MR) is 67.3 cm³/mol. The van der Waals surface area contributed by atoms with Crippen molar-refractivity contribution < 1.29 is 4.39 Å². The van der Waals surface area contributed by atoms with Crippen molar-refractivity contribution in [3.8, 4) is 11.4 Å². The first-order chi connectivity index (χ1) is 8.58. The molecule has 0 spiro atoms. The SMILES string of the molecule is CC(C)C(C)Cc1ccc(-c2nn[nH]n2)c(F)c1. The summed E-state index contributed by atoms with van der Waals surface area (Å²) in [6.45, 7) is 6.53. The molecule has 0 aliphatic rings. The third kappa shape index (κ3) is 2.72. The van der Waals surface area contributed by atoms with Gasteiger partial charge in [0.25, 0.3) is 0 Å². The maximum atomic E-state index is 13.9. The molecule has 0 aliphatic heterocycles. The van der Waals surface area contributed by atoms with Crippen molar-refractivity contribution in [2.24, 2.45) is 11.8 Å². The molecule has 1 aromatic heterocycles. The number of aromatic nitrogens is 4. The minimum atomic E-state index is -0.301. The van der Waals surface area contributed by atoms with Crippen LogP contribution in [0.1, 0.15) is 26.3 Å². The lowest BCUT2D eigenvalue weighted by atomic mass is 9.91. The molecule has 0 bridgehead atoms. The average molecular weight is 248 g/mol. The van der Waals surface area contributed by atoms with Gasteiger partial charge in [0.05, 0.1) is 5.56 Å². The summed E-state index contributed by atoms with van der Waals surface area (Å²) in [6.07, 6.45) is 0.876. The van der Waals surface area contributed by atoms with Gasteiger partial charge >= 0.3 is 0 Å². The predicted octanol–water partition coefficient (Wildman–Crippen LogP) is 2.84. The van der Waals surface area contributed by atoms with Gasteiger partial charge < -0.3 is 0 Å². The zero-order chi connectivity index (χ0) is 13.1. The van der Waals surface area contributed by atoms with Gasteiger partial charge in [0.1, 0.15) is 5.82 Å². The monoisotopic (exact) mass is 248 g/mol. The van der Waals surface area contributed by atoms with E-state index in [1.165, 1.54) is 0 Å². The lowest BCUT2D eigenvalue weighted by Crippen LogP contribution is -2.07. The van der Waals surface area contributed by atoms with Crippen LogP contribution in [0, 0.1) is 17.7 Å². The number of aromatic amines is 1. The van der Waals surface area contributed by atoms with E-state index in [-0.39, 0.29) is 11.6 Å². The molecule has 0 radical (unpaired) electrons. The summed E-state index contributed by atoms with van der Waals surface area (Å²) in [5, 5.41) is 13.3. The zero-order valence-corrected chi connectivity index (χ0v) is 10.8. The molecule has 0 saturated carbocycles. The van der Waals surface area contributed by atoms with Crippen molar-refractivity contribution in [1.82, 2.24) is 20.6 Å². The second-order valence-corrected chi connectivity index (χ2v) is 4.98. The Hall–Kier alpha value is -1.78. The van der Waals surface area contributed by atoms with Crippen LogP contribution >= 0.6 is 0 Å². The average Bonchev–Trinajstić information content (AvgIpc) is 2.82. The summed E-state index contributed by atoms with van der Waals surface area (Å²) >= 11 is 0. The van der Waals surface area contributed by atoms with Gasteiger partial charge in [0.2, 0.25) is 5.82 Å². The van der Waals surface area contributed by atoms with Crippen LogP contribution in [0.15, 0.2) is 18.2 Å². The van der Waals surface area contributed by atoms with Crippen LogP contribution in [-0.2, 0) is 6.42 Å². The second-order valence-electron chi connectivity index (χ2n) is 4.98. The molecular formula is C13H17FN4. The van der Waals surface area contributed by atoms with E-state index in [0.29, 0.717) is 17.4 Å². The van der Waals surface area contributed by atoms with Crippen molar-refractivity contribution in [2.75, 3.05) is 0 Å². The minimum absolute atomic E-state index is 0.288. The highest BCUT2D eigenvalue weighted by atomic mass is 19.1. The smallest absolute Gasteiger partial charge is 0.206 e. The normalized spacial score (nSPS) is 12.9. The van der Waals surface area contributed by atoms with E-state index >= 15 is 0 Å². The molecule has 5 heteroatoms. The summed E-state index contributed by atoms with van der Waals surface area (Å²) < 4.78 is 13.9. The van der Waals surface area contributed by atoms with Gasteiger partial charge in [-0.25, -0.2) is 4.39 Å². The number of H-pyrrole nitrogens is 1. The third-order valence-corrected chi connectivity index (χ3v) is 3.32. The van der Waals surface area contributed by atoms with E-state index in [1.807, 2.05) is 6.07 Å². The summed E-state index contributed by atoms with van der Waals surface area (Å²) in [5.74, 6) is 1.10. The largest absolute Gasteiger partial charge is 0.207 e. The highest BCUT2D eigenvalue weighted by Gasteiger charge is 2.12. The van der Waals surface area contributed by atoms with E-state index in [4.69, 9.17) is 0 Å². The van der Waals surface area contributed by atoms with Crippen molar-refractivity contribution in [3.63, 3.8) is 0 Å². The molecule has 2 aromatic rings. The summed E-state index contributed by atoms with van der Waals surface area (Å²) in [5.41, 5.74) is 1.38.